The molecular formula is C19H23N3O3. The van der Waals surface area contributed by atoms with Gasteiger partial charge in [0.05, 0.1) is 24.6 Å². The van der Waals surface area contributed by atoms with Crippen LogP contribution < -0.4 is 10.6 Å². The third-order valence-electron chi connectivity index (χ3n) is 3.97. The molecule has 132 valence electrons. The van der Waals surface area contributed by atoms with Crippen molar-refractivity contribution in [3.8, 4) is 0 Å². The number of pyridine rings is 1. The third kappa shape index (κ3) is 5.04. The number of amides is 1. The van der Waals surface area contributed by atoms with Gasteiger partial charge in [-0.05, 0) is 49.2 Å². The van der Waals surface area contributed by atoms with Crippen molar-refractivity contribution < 1.29 is 14.3 Å². The quantitative estimate of drug-likeness (QED) is 0.744. The number of carbonyl (C=O) groups is 2. The summed E-state index contributed by atoms with van der Waals surface area (Å²) in [6.07, 6.45) is 3.25. The van der Waals surface area contributed by atoms with Crippen LogP contribution >= 0.6 is 0 Å². The highest BCUT2D eigenvalue weighted by Crippen LogP contribution is 2.18. The average molecular weight is 341 g/mol. The number of ether oxygens (including phenoxy) is 1. The molecular weight excluding hydrogens is 318 g/mol. The first-order chi connectivity index (χ1) is 12.1. The number of benzene rings is 1. The fraction of sp³-hybridized carbons (Fsp3) is 0.316. The SMILES string of the molecule is CCC(CC)C(=O)Nc1ccc(Nc2ccc(C(=O)OC)cc2)nc1. The fourth-order valence-corrected chi connectivity index (χ4v) is 2.40. The largest absolute Gasteiger partial charge is 0.465 e. The van der Waals surface area contributed by atoms with E-state index in [-0.39, 0.29) is 17.8 Å². The zero-order chi connectivity index (χ0) is 18.2. The van der Waals surface area contributed by atoms with Crippen molar-refractivity contribution in [2.75, 3.05) is 17.7 Å². The van der Waals surface area contributed by atoms with Crippen molar-refractivity contribution in [2.24, 2.45) is 5.92 Å². The Morgan fingerprint density at radius 3 is 2.20 bits per heavy atom. The Morgan fingerprint density at radius 1 is 1.04 bits per heavy atom. The van der Waals surface area contributed by atoms with Gasteiger partial charge in [0.1, 0.15) is 5.82 Å². The molecule has 0 unspecified atom stereocenters. The number of esters is 1. The number of nitrogens with zero attached hydrogens (tertiary/aromatic N) is 1. The summed E-state index contributed by atoms with van der Waals surface area (Å²) in [6, 6.07) is 10.5. The minimum Gasteiger partial charge on any atom is -0.465 e. The number of hydrogen-bond donors (Lipinski definition) is 2. The van der Waals surface area contributed by atoms with E-state index >= 15 is 0 Å². The predicted molar refractivity (Wildman–Crippen MR) is 98.0 cm³/mol. The van der Waals surface area contributed by atoms with Crippen LogP contribution in [0, 0.1) is 5.92 Å². The van der Waals surface area contributed by atoms with E-state index in [2.05, 4.69) is 20.4 Å². The second kappa shape index (κ2) is 8.82. The van der Waals surface area contributed by atoms with Crippen LogP contribution in [0.3, 0.4) is 0 Å². The van der Waals surface area contributed by atoms with Gasteiger partial charge in [0.2, 0.25) is 5.91 Å². The van der Waals surface area contributed by atoms with E-state index in [0.717, 1.165) is 18.5 Å². The van der Waals surface area contributed by atoms with E-state index < -0.39 is 0 Å². The highest BCUT2D eigenvalue weighted by molar-refractivity contribution is 5.92. The number of hydrogen-bond acceptors (Lipinski definition) is 5. The lowest BCUT2D eigenvalue weighted by Gasteiger charge is -2.13. The summed E-state index contributed by atoms with van der Waals surface area (Å²) in [5, 5.41) is 6.02. The molecule has 0 spiro atoms. The molecule has 0 aliphatic rings. The van der Waals surface area contributed by atoms with E-state index in [9.17, 15) is 9.59 Å². The Labute approximate surface area is 147 Å². The molecule has 0 bridgehead atoms. The average Bonchev–Trinajstić information content (AvgIpc) is 2.64. The van der Waals surface area contributed by atoms with E-state index in [1.54, 1.807) is 42.6 Å². The Morgan fingerprint density at radius 2 is 1.68 bits per heavy atom. The zero-order valence-corrected chi connectivity index (χ0v) is 14.7. The molecule has 25 heavy (non-hydrogen) atoms. The first-order valence-corrected chi connectivity index (χ1v) is 8.29. The molecule has 1 heterocycles. The molecule has 6 nitrogen and oxygen atoms in total. The highest BCUT2D eigenvalue weighted by atomic mass is 16.5. The van der Waals surface area contributed by atoms with Gasteiger partial charge in [-0.3, -0.25) is 4.79 Å². The molecule has 0 fully saturated rings. The van der Waals surface area contributed by atoms with Gasteiger partial charge in [-0.1, -0.05) is 13.8 Å². The zero-order valence-electron chi connectivity index (χ0n) is 14.7. The van der Waals surface area contributed by atoms with Crippen LogP contribution in [-0.2, 0) is 9.53 Å². The lowest BCUT2D eigenvalue weighted by Crippen LogP contribution is -2.21. The minimum atomic E-state index is -0.373. The molecule has 2 rings (SSSR count). The van der Waals surface area contributed by atoms with Crippen LogP contribution in [0.15, 0.2) is 42.6 Å². The summed E-state index contributed by atoms with van der Waals surface area (Å²) in [5.41, 5.74) is 1.96. The normalized spacial score (nSPS) is 10.4. The van der Waals surface area contributed by atoms with Crippen molar-refractivity contribution in [3.63, 3.8) is 0 Å². The van der Waals surface area contributed by atoms with Gasteiger partial charge in [0.25, 0.3) is 0 Å². The maximum absolute atomic E-state index is 12.1. The summed E-state index contributed by atoms with van der Waals surface area (Å²) in [4.78, 5) is 27.8. The number of methoxy groups -OCH3 is 1. The second-order valence-corrected chi connectivity index (χ2v) is 5.63. The summed E-state index contributed by atoms with van der Waals surface area (Å²) in [5.74, 6) is 0.311. The number of rotatable bonds is 7. The summed E-state index contributed by atoms with van der Waals surface area (Å²) >= 11 is 0. The molecule has 0 saturated carbocycles. The Bertz CT molecular complexity index is 708. The maximum atomic E-state index is 12.1. The number of nitrogens with one attached hydrogen (secondary N) is 2. The molecule has 1 aromatic carbocycles. The molecule has 6 heteroatoms. The van der Waals surface area contributed by atoms with Crippen molar-refractivity contribution in [3.05, 3.63) is 48.2 Å². The van der Waals surface area contributed by atoms with Gasteiger partial charge in [-0.25, -0.2) is 9.78 Å². The lowest BCUT2D eigenvalue weighted by atomic mass is 10.0. The minimum absolute atomic E-state index is 0.0194. The van der Waals surface area contributed by atoms with Crippen molar-refractivity contribution in [1.82, 2.24) is 4.98 Å². The maximum Gasteiger partial charge on any atom is 0.337 e. The van der Waals surface area contributed by atoms with Crippen LogP contribution in [0.4, 0.5) is 17.2 Å². The van der Waals surface area contributed by atoms with Gasteiger partial charge in [-0.15, -0.1) is 0 Å². The third-order valence-corrected chi connectivity index (χ3v) is 3.97. The van der Waals surface area contributed by atoms with Gasteiger partial charge >= 0.3 is 5.97 Å². The van der Waals surface area contributed by atoms with Crippen molar-refractivity contribution in [1.29, 1.82) is 0 Å². The van der Waals surface area contributed by atoms with Crippen LogP contribution in [0.25, 0.3) is 0 Å². The summed E-state index contributed by atoms with van der Waals surface area (Å²) < 4.78 is 4.67. The van der Waals surface area contributed by atoms with E-state index in [4.69, 9.17) is 0 Å². The second-order valence-electron chi connectivity index (χ2n) is 5.63. The Balaban J connectivity index is 1.98. The van der Waals surface area contributed by atoms with Gasteiger partial charge in [0, 0.05) is 11.6 Å². The summed E-state index contributed by atoms with van der Waals surface area (Å²) in [7, 11) is 1.35. The lowest BCUT2D eigenvalue weighted by molar-refractivity contribution is -0.120. The molecule has 0 radical (unpaired) electrons. The molecule has 0 atom stereocenters. The topological polar surface area (TPSA) is 80.3 Å². The van der Waals surface area contributed by atoms with E-state index in [1.807, 2.05) is 13.8 Å². The first-order valence-electron chi connectivity index (χ1n) is 8.29. The van der Waals surface area contributed by atoms with E-state index in [1.165, 1.54) is 7.11 Å². The summed E-state index contributed by atoms with van der Waals surface area (Å²) in [6.45, 7) is 4.01. The molecule has 2 aromatic rings. The van der Waals surface area contributed by atoms with Gasteiger partial charge in [-0.2, -0.15) is 0 Å². The van der Waals surface area contributed by atoms with Crippen LogP contribution in [0.1, 0.15) is 37.0 Å². The van der Waals surface area contributed by atoms with E-state index in [0.29, 0.717) is 17.1 Å². The standard InChI is InChI=1S/C19H23N3O3/c1-4-13(5-2)18(23)22-16-10-11-17(20-12-16)21-15-8-6-14(7-9-15)19(24)25-3/h6-13H,4-5H2,1-3H3,(H,20,21)(H,22,23). The molecule has 1 aromatic heterocycles. The molecule has 1 amide bonds. The van der Waals surface area contributed by atoms with Crippen molar-refractivity contribution >= 4 is 29.1 Å². The molecule has 0 aliphatic heterocycles. The monoisotopic (exact) mass is 341 g/mol. The van der Waals surface area contributed by atoms with Crippen molar-refractivity contribution in [2.45, 2.75) is 26.7 Å². The smallest absolute Gasteiger partial charge is 0.337 e. The first kappa shape index (κ1) is 18.4. The Hall–Kier alpha value is -2.89. The number of aromatic nitrogens is 1. The fourth-order valence-electron chi connectivity index (χ4n) is 2.40. The van der Waals surface area contributed by atoms with Crippen LogP contribution in [0.5, 0.6) is 0 Å². The Kier molecular flexibility index (Phi) is 6.51. The number of anilines is 3. The van der Waals surface area contributed by atoms with Crippen LogP contribution in [-0.4, -0.2) is 24.0 Å². The highest BCUT2D eigenvalue weighted by Gasteiger charge is 2.14. The predicted octanol–water partition coefficient (Wildman–Crippen LogP) is 3.99. The molecule has 0 aliphatic carbocycles. The molecule has 0 saturated heterocycles. The number of carbonyl (C=O) groups excluding carboxylic acids is 2. The molecule has 2 N–H and O–H groups in total. The van der Waals surface area contributed by atoms with Gasteiger partial charge in [0.15, 0.2) is 0 Å². The van der Waals surface area contributed by atoms with Gasteiger partial charge < -0.3 is 15.4 Å². The van der Waals surface area contributed by atoms with Crippen LogP contribution in [0.2, 0.25) is 0 Å².